The van der Waals surface area contributed by atoms with E-state index in [0.29, 0.717) is 35.7 Å². The first-order valence-electron chi connectivity index (χ1n) is 11.2. The van der Waals surface area contributed by atoms with Crippen molar-refractivity contribution in [2.75, 3.05) is 6.54 Å². The number of hydrogen-bond acceptors (Lipinski definition) is 7. The molecular formula is C24H23N5O5S. The highest BCUT2D eigenvalue weighted by Crippen LogP contribution is 2.50. The number of carbonyl (C=O) groups excluding carboxylic acids is 1. The molecule has 1 spiro atoms. The fraction of sp³-hybridized carbons (Fsp3) is 0.333. The number of carbonyl (C=O) groups is 1. The van der Waals surface area contributed by atoms with Crippen LogP contribution in [0.3, 0.4) is 0 Å². The molecule has 3 aromatic rings. The van der Waals surface area contributed by atoms with Gasteiger partial charge in [-0.1, -0.05) is 12.1 Å². The monoisotopic (exact) mass is 493 g/mol. The molecule has 180 valence electrons. The minimum Gasteiger partial charge on any atom is -0.471 e. The van der Waals surface area contributed by atoms with E-state index in [1.54, 1.807) is 30.3 Å². The number of ether oxygens (including phenoxy) is 1. The van der Waals surface area contributed by atoms with Gasteiger partial charge in [0.1, 0.15) is 21.9 Å². The molecule has 2 fully saturated rings. The fourth-order valence-electron chi connectivity index (χ4n) is 4.54. The maximum Gasteiger partial charge on any atom is 0.263 e. The van der Waals surface area contributed by atoms with Gasteiger partial charge in [-0.3, -0.25) is 9.59 Å². The summed E-state index contributed by atoms with van der Waals surface area (Å²) in [5, 5.41) is 12.2. The molecule has 1 atom stereocenters. The molecule has 0 radical (unpaired) electrons. The Bertz CT molecular complexity index is 1540. The van der Waals surface area contributed by atoms with E-state index in [1.165, 1.54) is 23.9 Å². The summed E-state index contributed by atoms with van der Waals surface area (Å²) in [7, 11) is -1.95. The van der Waals surface area contributed by atoms with Gasteiger partial charge in [-0.15, -0.1) is 0 Å². The third-order valence-electron chi connectivity index (χ3n) is 6.69. The van der Waals surface area contributed by atoms with E-state index in [9.17, 15) is 18.0 Å². The normalized spacial score (nSPS) is 19.7. The molecule has 1 aliphatic heterocycles. The Kier molecular flexibility index (Phi) is 5.57. The van der Waals surface area contributed by atoms with Crippen LogP contribution in [0.2, 0.25) is 0 Å². The van der Waals surface area contributed by atoms with Crippen molar-refractivity contribution in [1.29, 1.82) is 5.26 Å². The van der Waals surface area contributed by atoms with E-state index < -0.39 is 32.3 Å². The minimum atomic E-state index is -3.48. The summed E-state index contributed by atoms with van der Waals surface area (Å²) in [6.45, 7) is 0.477. The maximum atomic E-state index is 13.1. The van der Waals surface area contributed by atoms with Crippen molar-refractivity contribution in [2.24, 2.45) is 7.05 Å². The molecule has 35 heavy (non-hydrogen) atoms. The predicted molar refractivity (Wildman–Crippen MR) is 127 cm³/mol. The van der Waals surface area contributed by atoms with Crippen LogP contribution in [0.25, 0.3) is 10.9 Å². The van der Waals surface area contributed by atoms with Crippen LogP contribution in [0.15, 0.2) is 47.4 Å². The average molecular weight is 494 g/mol. The Hall–Kier alpha value is -3.75. The number of hydrogen-bond donors (Lipinski definition) is 2. The number of sulfonamides is 1. The van der Waals surface area contributed by atoms with Gasteiger partial charge in [0.05, 0.1) is 11.6 Å². The summed E-state index contributed by atoms with van der Waals surface area (Å²) >= 11 is 0. The van der Waals surface area contributed by atoms with Crippen LogP contribution in [0, 0.1) is 11.3 Å². The lowest BCUT2D eigenvalue weighted by molar-refractivity contribution is 0.0949. The molecule has 1 saturated heterocycles. The molecule has 1 saturated carbocycles. The van der Waals surface area contributed by atoms with E-state index in [1.807, 2.05) is 6.07 Å². The number of fused-ring (bicyclic) bond motifs is 1. The lowest BCUT2D eigenvalue weighted by Gasteiger charge is -2.32. The number of nitrogens with zero attached hydrogens (tertiary/aromatic N) is 3. The Labute approximate surface area is 201 Å². The SMILES string of the molecule is Cn1c(=O)c(C(=O)NCc2ccc(C#N)cc2)cc2ccnc(OC3CCNS(=O)(=O)C34CC4)c21. The number of amides is 1. The molecule has 10 nitrogen and oxygen atoms in total. The maximum absolute atomic E-state index is 13.1. The molecule has 1 aliphatic carbocycles. The third-order valence-corrected chi connectivity index (χ3v) is 9.02. The molecular weight excluding hydrogens is 470 g/mol. The zero-order valence-corrected chi connectivity index (χ0v) is 19.8. The minimum absolute atomic E-state index is 0.0334. The Balaban J connectivity index is 1.42. The van der Waals surface area contributed by atoms with Crippen LogP contribution in [0.4, 0.5) is 0 Å². The summed E-state index contributed by atoms with van der Waals surface area (Å²) in [4.78, 5) is 30.2. The molecule has 1 unspecified atom stereocenters. The summed E-state index contributed by atoms with van der Waals surface area (Å²) in [5.74, 6) is -0.363. The van der Waals surface area contributed by atoms with Crippen LogP contribution in [-0.4, -0.2) is 41.3 Å². The number of pyridine rings is 2. The second-order valence-electron chi connectivity index (χ2n) is 8.83. The van der Waals surface area contributed by atoms with E-state index in [-0.39, 0.29) is 24.5 Å². The van der Waals surface area contributed by atoms with Crippen LogP contribution >= 0.6 is 0 Å². The van der Waals surface area contributed by atoms with Crippen molar-refractivity contribution in [1.82, 2.24) is 19.6 Å². The van der Waals surface area contributed by atoms with Crippen LogP contribution in [-0.2, 0) is 23.6 Å². The van der Waals surface area contributed by atoms with Crippen molar-refractivity contribution in [3.8, 4) is 11.9 Å². The molecule has 5 rings (SSSR count). The highest BCUT2D eigenvalue weighted by Gasteiger charge is 2.63. The highest BCUT2D eigenvalue weighted by atomic mass is 32.2. The first-order valence-corrected chi connectivity index (χ1v) is 12.7. The van der Waals surface area contributed by atoms with Crippen molar-refractivity contribution in [3.63, 3.8) is 0 Å². The number of aryl methyl sites for hydroxylation is 1. The molecule has 2 aromatic heterocycles. The number of aromatic nitrogens is 2. The largest absolute Gasteiger partial charge is 0.471 e. The predicted octanol–water partition coefficient (Wildman–Crippen LogP) is 1.34. The number of benzene rings is 1. The van der Waals surface area contributed by atoms with Gasteiger partial charge in [0.25, 0.3) is 11.5 Å². The number of nitriles is 1. The standard InChI is InChI=1S/C24H23N5O5S/c1-29-20-17(6-10-26-22(20)34-19-7-11-28-35(32,33)24(19)8-9-24)12-18(23(29)31)21(30)27-14-16-4-2-15(13-25)3-5-16/h2-6,10,12,19,28H,7-9,11,14H2,1H3,(H,27,30). The van der Waals surface area contributed by atoms with Gasteiger partial charge in [-0.2, -0.15) is 5.26 Å². The summed E-state index contributed by atoms with van der Waals surface area (Å²) in [6, 6.07) is 12.0. The lowest BCUT2D eigenvalue weighted by Crippen LogP contribution is -2.52. The van der Waals surface area contributed by atoms with Crippen molar-refractivity contribution >= 4 is 26.8 Å². The topological polar surface area (TPSA) is 143 Å². The first kappa shape index (κ1) is 23.0. The van der Waals surface area contributed by atoms with Gasteiger partial charge < -0.3 is 14.6 Å². The fourth-order valence-corrected chi connectivity index (χ4v) is 6.37. The van der Waals surface area contributed by atoms with Crippen molar-refractivity contribution in [3.05, 3.63) is 69.6 Å². The van der Waals surface area contributed by atoms with Crippen molar-refractivity contribution < 1.29 is 17.9 Å². The van der Waals surface area contributed by atoms with Crippen LogP contribution in [0.1, 0.15) is 40.7 Å². The smallest absolute Gasteiger partial charge is 0.263 e. The number of nitrogens with one attached hydrogen (secondary N) is 2. The Morgan fingerprint density at radius 1 is 1.31 bits per heavy atom. The lowest BCUT2D eigenvalue weighted by atomic mass is 10.1. The summed E-state index contributed by atoms with van der Waals surface area (Å²) < 4.78 is 34.2. The van der Waals surface area contributed by atoms with Gasteiger partial charge in [0.2, 0.25) is 15.9 Å². The van der Waals surface area contributed by atoms with Gasteiger partial charge in [0.15, 0.2) is 0 Å². The van der Waals surface area contributed by atoms with Crippen molar-refractivity contribution in [2.45, 2.75) is 36.7 Å². The van der Waals surface area contributed by atoms with Gasteiger partial charge in [-0.25, -0.2) is 18.1 Å². The highest BCUT2D eigenvalue weighted by molar-refractivity contribution is 7.91. The second-order valence-corrected chi connectivity index (χ2v) is 10.9. The van der Waals surface area contributed by atoms with E-state index in [2.05, 4.69) is 15.0 Å². The zero-order valence-electron chi connectivity index (χ0n) is 18.9. The van der Waals surface area contributed by atoms with E-state index in [4.69, 9.17) is 10.00 Å². The molecule has 1 aromatic carbocycles. The zero-order chi connectivity index (χ0) is 24.8. The van der Waals surface area contributed by atoms with Crippen LogP contribution in [0.5, 0.6) is 5.88 Å². The molecule has 2 N–H and O–H groups in total. The van der Waals surface area contributed by atoms with Gasteiger partial charge in [-0.05, 0) is 49.1 Å². The molecule has 1 amide bonds. The van der Waals surface area contributed by atoms with Gasteiger partial charge in [0, 0.05) is 31.7 Å². The molecule has 0 bridgehead atoms. The summed E-state index contributed by atoms with van der Waals surface area (Å²) in [6.07, 6.45) is 2.47. The van der Waals surface area contributed by atoms with Crippen LogP contribution < -0.4 is 20.3 Å². The first-order chi connectivity index (χ1) is 16.8. The summed E-state index contributed by atoms with van der Waals surface area (Å²) in [5.41, 5.74) is 1.15. The number of rotatable bonds is 5. The van der Waals surface area contributed by atoms with E-state index in [0.717, 1.165) is 5.56 Å². The third kappa shape index (κ3) is 3.94. The van der Waals surface area contributed by atoms with Gasteiger partial charge >= 0.3 is 0 Å². The Morgan fingerprint density at radius 2 is 2.06 bits per heavy atom. The average Bonchev–Trinajstić information content (AvgIpc) is 3.66. The quantitative estimate of drug-likeness (QED) is 0.546. The molecule has 2 aliphatic rings. The molecule has 3 heterocycles. The molecule has 11 heteroatoms. The van der Waals surface area contributed by atoms with E-state index >= 15 is 0 Å². The second kappa shape index (κ2) is 8.48. The Morgan fingerprint density at radius 3 is 2.74 bits per heavy atom.